The van der Waals surface area contributed by atoms with Gasteiger partial charge in [0.05, 0.1) is 25.9 Å². The zero-order valence-corrected chi connectivity index (χ0v) is 16.1. The van der Waals surface area contributed by atoms with Gasteiger partial charge >= 0.3 is 0 Å². The van der Waals surface area contributed by atoms with Crippen molar-refractivity contribution in [2.24, 2.45) is 28.6 Å². The van der Waals surface area contributed by atoms with Crippen molar-refractivity contribution in [3.8, 4) is 0 Å². The van der Waals surface area contributed by atoms with Gasteiger partial charge in [-0.1, -0.05) is 43.6 Å². The second-order valence-electron chi connectivity index (χ2n) is 9.80. The van der Waals surface area contributed by atoms with E-state index in [1.54, 1.807) is 11.1 Å². The highest BCUT2D eigenvalue weighted by molar-refractivity contribution is 5.38. The Balaban J connectivity index is 1.46. The van der Waals surface area contributed by atoms with Gasteiger partial charge in [0, 0.05) is 0 Å². The molecule has 4 aliphatic carbocycles. The molecule has 0 aromatic heterocycles. The molecule has 3 saturated carbocycles. The van der Waals surface area contributed by atoms with E-state index in [1.807, 2.05) is 0 Å². The first-order chi connectivity index (χ1) is 12.1. The van der Waals surface area contributed by atoms with Gasteiger partial charge in [-0.05, 0) is 73.5 Å². The van der Waals surface area contributed by atoms with Crippen molar-refractivity contribution in [2.75, 3.05) is 19.8 Å². The van der Waals surface area contributed by atoms with Crippen LogP contribution >= 0.6 is 0 Å². The zero-order valence-electron chi connectivity index (χ0n) is 16.1. The molecular weight excluding hydrogens is 308 g/mol. The summed E-state index contributed by atoms with van der Waals surface area (Å²) in [6, 6.07) is 0. The summed E-state index contributed by atoms with van der Waals surface area (Å²) in [5.74, 6) is 2.27. The van der Waals surface area contributed by atoms with Gasteiger partial charge in [-0.3, -0.25) is 0 Å². The molecule has 138 valence electrons. The van der Waals surface area contributed by atoms with Gasteiger partial charge in [0.25, 0.3) is 0 Å². The van der Waals surface area contributed by atoms with Gasteiger partial charge in [0.15, 0.2) is 0 Å². The number of fused-ring (bicyclic) bond motifs is 5. The summed E-state index contributed by atoms with van der Waals surface area (Å²) < 4.78 is 11.9. The first kappa shape index (κ1) is 16.6. The molecule has 1 unspecified atom stereocenters. The highest BCUT2D eigenvalue weighted by atomic mass is 16.6. The Morgan fingerprint density at radius 3 is 2.72 bits per heavy atom. The lowest BCUT2D eigenvalue weighted by atomic mass is 9.50. The van der Waals surface area contributed by atoms with E-state index in [-0.39, 0.29) is 0 Å². The van der Waals surface area contributed by atoms with Crippen molar-refractivity contribution in [3.63, 3.8) is 0 Å². The number of allylic oxidation sites excluding steroid dienone is 4. The van der Waals surface area contributed by atoms with Gasteiger partial charge in [-0.2, -0.15) is 0 Å². The van der Waals surface area contributed by atoms with Gasteiger partial charge in [-0.15, -0.1) is 0 Å². The largest absolute Gasteiger partial charge is 0.376 e. The Morgan fingerprint density at radius 2 is 1.88 bits per heavy atom. The normalized spacial score (nSPS) is 49.5. The summed E-state index contributed by atoms with van der Waals surface area (Å²) in [6.45, 7) is 7.55. The molecule has 0 radical (unpaired) electrons. The molecule has 0 aromatic rings. The van der Waals surface area contributed by atoms with Crippen LogP contribution in [0.3, 0.4) is 0 Å². The third-order valence-corrected chi connectivity index (χ3v) is 8.85. The van der Waals surface area contributed by atoms with Crippen molar-refractivity contribution in [1.82, 2.24) is 0 Å². The van der Waals surface area contributed by atoms with Crippen molar-refractivity contribution in [2.45, 2.75) is 71.3 Å². The van der Waals surface area contributed by atoms with E-state index in [0.717, 1.165) is 31.7 Å². The zero-order chi connectivity index (χ0) is 17.1. The molecule has 6 atom stereocenters. The molecule has 5 rings (SSSR count). The molecule has 0 spiro atoms. The van der Waals surface area contributed by atoms with Crippen LogP contribution in [0.15, 0.2) is 23.3 Å². The Morgan fingerprint density at radius 1 is 0.960 bits per heavy atom. The van der Waals surface area contributed by atoms with Crippen molar-refractivity contribution < 1.29 is 9.47 Å². The van der Waals surface area contributed by atoms with Crippen LogP contribution < -0.4 is 0 Å². The fourth-order valence-corrected chi connectivity index (χ4v) is 7.43. The van der Waals surface area contributed by atoms with Crippen LogP contribution in [0.2, 0.25) is 0 Å². The first-order valence-electron chi connectivity index (χ1n) is 10.7. The summed E-state index contributed by atoms with van der Waals surface area (Å²) in [5.41, 5.74) is 4.45. The fraction of sp³-hybridized carbons (Fsp3) is 0.826. The van der Waals surface area contributed by atoms with Gasteiger partial charge in [-0.25, -0.2) is 0 Å². The summed E-state index contributed by atoms with van der Waals surface area (Å²) in [5, 5.41) is 0. The van der Waals surface area contributed by atoms with Crippen LogP contribution in [-0.2, 0) is 9.47 Å². The lowest BCUT2D eigenvalue weighted by molar-refractivity contribution is -0.132. The summed E-state index contributed by atoms with van der Waals surface area (Å²) in [4.78, 5) is 0. The second kappa shape index (κ2) is 5.96. The molecule has 0 amide bonds. The summed E-state index contributed by atoms with van der Waals surface area (Å²) >= 11 is 0. The molecule has 0 bridgehead atoms. The summed E-state index contributed by atoms with van der Waals surface area (Å²) in [6.07, 6.45) is 16.5. The highest BCUT2D eigenvalue weighted by Crippen LogP contribution is 2.65. The van der Waals surface area contributed by atoms with E-state index in [9.17, 15) is 0 Å². The molecule has 0 N–H and O–H groups in total. The number of hydrogen-bond acceptors (Lipinski definition) is 2. The lowest BCUT2D eigenvalue weighted by Crippen LogP contribution is -2.48. The Labute approximate surface area is 153 Å². The average Bonchev–Trinajstić information content (AvgIpc) is 2.99. The fourth-order valence-electron chi connectivity index (χ4n) is 7.43. The van der Waals surface area contributed by atoms with Gasteiger partial charge < -0.3 is 9.47 Å². The van der Waals surface area contributed by atoms with Crippen molar-refractivity contribution >= 4 is 0 Å². The van der Waals surface area contributed by atoms with Crippen LogP contribution in [0.4, 0.5) is 0 Å². The Hall–Kier alpha value is -0.600. The van der Waals surface area contributed by atoms with E-state index in [1.165, 1.54) is 51.4 Å². The predicted octanol–water partition coefficient (Wildman–Crippen LogP) is 5.29. The quantitative estimate of drug-likeness (QED) is 0.644. The topological polar surface area (TPSA) is 18.5 Å². The van der Waals surface area contributed by atoms with Crippen molar-refractivity contribution in [1.29, 1.82) is 0 Å². The second-order valence-corrected chi connectivity index (χ2v) is 9.80. The minimum Gasteiger partial charge on any atom is -0.376 e. The van der Waals surface area contributed by atoms with Crippen LogP contribution in [0.25, 0.3) is 0 Å². The Kier molecular flexibility index (Phi) is 3.95. The van der Waals surface area contributed by atoms with Gasteiger partial charge in [0.1, 0.15) is 0 Å². The molecule has 2 heteroatoms. The van der Waals surface area contributed by atoms with Crippen molar-refractivity contribution in [3.05, 3.63) is 23.3 Å². The summed E-state index contributed by atoms with van der Waals surface area (Å²) in [7, 11) is 0. The maximum Gasteiger partial charge on any atom is 0.0843 e. The molecule has 0 aromatic carbocycles. The molecule has 2 nitrogen and oxygen atoms in total. The predicted molar refractivity (Wildman–Crippen MR) is 100 cm³/mol. The monoisotopic (exact) mass is 342 g/mol. The maximum atomic E-state index is 6.16. The molecule has 1 saturated heterocycles. The maximum absolute atomic E-state index is 6.16. The lowest BCUT2D eigenvalue weighted by Gasteiger charge is -2.55. The van der Waals surface area contributed by atoms with Crippen LogP contribution in [-0.4, -0.2) is 25.9 Å². The molecule has 5 aliphatic rings. The van der Waals surface area contributed by atoms with E-state index in [0.29, 0.717) is 22.9 Å². The molecule has 1 aliphatic heterocycles. The number of ether oxygens (including phenoxy) is 2. The smallest absolute Gasteiger partial charge is 0.0843 e. The highest BCUT2D eigenvalue weighted by Gasteiger charge is 2.57. The van der Waals surface area contributed by atoms with E-state index < -0.39 is 0 Å². The van der Waals surface area contributed by atoms with E-state index in [4.69, 9.17) is 9.47 Å². The van der Waals surface area contributed by atoms with Crippen LogP contribution in [0.5, 0.6) is 0 Å². The first-order valence-corrected chi connectivity index (χ1v) is 10.7. The molecular formula is C23H34O2. The minimum absolute atomic E-state index is 0.334. The standard InChI is InChI=1S/C23H34O2/c1-22-11-4-3-5-16(22)6-7-17-18-8-9-20(21-15-24-13-14-25-21)23(18,2)12-10-19(17)22/h6-7,18-21H,3-5,8-15H2,1-2H3/t18-,19-,20+,21?,22-,23-/m0/s1. The molecule has 4 fully saturated rings. The third kappa shape index (κ3) is 2.36. The van der Waals surface area contributed by atoms with Crippen LogP contribution in [0, 0.1) is 28.6 Å². The number of rotatable bonds is 1. The molecule has 1 heterocycles. The van der Waals surface area contributed by atoms with Gasteiger partial charge in [0.2, 0.25) is 0 Å². The van der Waals surface area contributed by atoms with E-state index in [2.05, 4.69) is 26.0 Å². The third-order valence-electron chi connectivity index (χ3n) is 8.85. The SMILES string of the molecule is C[C@]12CC[C@H]3C(=CC=C4CCCC[C@@]43C)[C@@H]1CC[C@@H]2C1COCCO1. The molecule has 25 heavy (non-hydrogen) atoms. The van der Waals surface area contributed by atoms with E-state index >= 15 is 0 Å². The average molecular weight is 343 g/mol. The Bertz CT molecular complexity index is 599. The van der Waals surface area contributed by atoms with Crippen LogP contribution in [0.1, 0.15) is 65.2 Å². The number of hydrogen-bond donors (Lipinski definition) is 0. The minimum atomic E-state index is 0.334.